The van der Waals surface area contributed by atoms with Gasteiger partial charge in [-0.25, -0.2) is 13.4 Å². The standard InChI is InChI=1S/C18H27F3N4O3S.HI/c1-3-22-17(23-13-14-6-5-7-16(12-14)28-4-2)24-15-8-10-25(11-9-15)29(26,27)18(19,20)21;/h5-7,12,15H,3-4,8-11,13H2,1-2H3,(H2,22,23,24);1H. The Morgan fingerprint density at radius 3 is 2.50 bits per heavy atom. The van der Waals surface area contributed by atoms with Crippen molar-refractivity contribution in [3.63, 3.8) is 0 Å². The summed E-state index contributed by atoms with van der Waals surface area (Å²) >= 11 is 0. The minimum absolute atomic E-state index is 0. The van der Waals surface area contributed by atoms with Crippen LogP contribution in [0.3, 0.4) is 0 Å². The molecule has 12 heteroatoms. The summed E-state index contributed by atoms with van der Waals surface area (Å²) in [5.74, 6) is 1.29. The molecule has 0 spiro atoms. The second-order valence-corrected chi connectivity index (χ2v) is 8.47. The summed E-state index contributed by atoms with van der Waals surface area (Å²) < 4.78 is 67.0. The number of halogens is 4. The van der Waals surface area contributed by atoms with Crippen molar-refractivity contribution >= 4 is 40.0 Å². The van der Waals surface area contributed by atoms with Gasteiger partial charge in [0.1, 0.15) is 5.75 Å². The highest BCUT2D eigenvalue weighted by atomic mass is 127. The van der Waals surface area contributed by atoms with E-state index < -0.39 is 15.5 Å². The van der Waals surface area contributed by atoms with E-state index in [0.717, 1.165) is 11.3 Å². The van der Waals surface area contributed by atoms with Crippen LogP contribution in [0.25, 0.3) is 0 Å². The predicted molar refractivity (Wildman–Crippen MR) is 121 cm³/mol. The molecule has 0 atom stereocenters. The Labute approximate surface area is 192 Å². The molecule has 0 saturated carbocycles. The molecule has 7 nitrogen and oxygen atoms in total. The molecule has 1 fully saturated rings. The fraction of sp³-hybridized carbons (Fsp3) is 0.611. The van der Waals surface area contributed by atoms with Gasteiger partial charge in [0.05, 0.1) is 13.2 Å². The van der Waals surface area contributed by atoms with Crippen LogP contribution >= 0.6 is 24.0 Å². The minimum atomic E-state index is -5.27. The summed E-state index contributed by atoms with van der Waals surface area (Å²) in [5, 5.41) is 6.28. The van der Waals surface area contributed by atoms with Crippen LogP contribution in [-0.2, 0) is 16.6 Å². The molecule has 0 aliphatic carbocycles. The quantitative estimate of drug-likeness (QED) is 0.302. The zero-order valence-electron chi connectivity index (χ0n) is 16.9. The maximum atomic E-state index is 12.7. The van der Waals surface area contributed by atoms with E-state index in [4.69, 9.17) is 4.74 Å². The highest BCUT2D eigenvalue weighted by molar-refractivity contribution is 14.0. The van der Waals surface area contributed by atoms with E-state index in [1.165, 1.54) is 0 Å². The smallest absolute Gasteiger partial charge is 0.494 e. The van der Waals surface area contributed by atoms with Crippen LogP contribution in [0.5, 0.6) is 5.75 Å². The fourth-order valence-electron chi connectivity index (χ4n) is 2.97. The lowest BCUT2D eigenvalue weighted by atomic mass is 10.1. The lowest BCUT2D eigenvalue weighted by molar-refractivity contribution is -0.0494. The molecule has 0 radical (unpaired) electrons. The van der Waals surface area contributed by atoms with Crippen LogP contribution in [0.15, 0.2) is 29.3 Å². The van der Waals surface area contributed by atoms with Crippen LogP contribution in [0.1, 0.15) is 32.3 Å². The molecule has 1 heterocycles. The largest absolute Gasteiger partial charge is 0.511 e. The molecule has 0 unspecified atom stereocenters. The first-order valence-electron chi connectivity index (χ1n) is 9.50. The van der Waals surface area contributed by atoms with E-state index in [0.29, 0.717) is 30.0 Å². The monoisotopic (exact) mass is 564 g/mol. The van der Waals surface area contributed by atoms with Gasteiger partial charge in [-0.3, -0.25) is 0 Å². The molecule has 2 N–H and O–H groups in total. The van der Waals surface area contributed by atoms with Crippen molar-refractivity contribution in [3.8, 4) is 5.75 Å². The summed E-state index contributed by atoms with van der Waals surface area (Å²) in [7, 11) is -5.27. The molecule has 1 aromatic rings. The van der Waals surface area contributed by atoms with Crippen LogP contribution in [-0.4, -0.2) is 56.5 Å². The third-order valence-corrected chi connectivity index (χ3v) is 6.03. The van der Waals surface area contributed by atoms with Gasteiger partial charge >= 0.3 is 15.5 Å². The van der Waals surface area contributed by atoms with Crippen LogP contribution < -0.4 is 15.4 Å². The van der Waals surface area contributed by atoms with Gasteiger partial charge in [-0.15, -0.1) is 24.0 Å². The lowest BCUT2D eigenvalue weighted by Gasteiger charge is -2.32. The highest BCUT2D eigenvalue weighted by Crippen LogP contribution is 2.28. The van der Waals surface area contributed by atoms with Gasteiger partial charge in [-0.1, -0.05) is 12.1 Å². The summed E-state index contributed by atoms with van der Waals surface area (Å²) in [6.45, 7) is 5.03. The number of nitrogens with one attached hydrogen (secondary N) is 2. The zero-order chi connectivity index (χ0) is 21.5. The fourth-order valence-corrected chi connectivity index (χ4v) is 3.96. The van der Waals surface area contributed by atoms with Crippen molar-refractivity contribution < 1.29 is 26.3 Å². The summed E-state index contributed by atoms with van der Waals surface area (Å²) in [5.41, 5.74) is -4.31. The van der Waals surface area contributed by atoms with E-state index in [1.54, 1.807) is 0 Å². The Bertz CT molecular complexity index is 798. The molecule has 30 heavy (non-hydrogen) atoms. The van der Waals surface area contributed by atoms with Crippen LogP contribution in [0.4, 0.5) is 13.2 Å². The molecule has 1 aliphatic heterocycles. The third-order valence-electron chi connectivity index (χ3n) is 4.40. The van der Waals surface area contributed by atoms with E-state index >= 15 is 0 Å². The number of benzene rings is 1. The molecule has 0 bridgehead atoms. The number of nitrogens with zero attached hydrogens (tertiary/aromatic N) is 2. The van der Waals surface area contributed by atoms with Gasteiger partial charge < -0.3 is 15.4 Å². The highest BCUT2D eigenvalue weighted by Gasteiger charge is 2.50. The number of guanidine groups is 1. The topological polar surface area (TPSA) is 83.0 Å². The number of hydrogen-bond acceptors (Lipinski definition) is 4. The molecular formula is C18H28F3IN4O3S. The molecule has 0 amide bonds. The average molecular weight is 564 g/mol. The van der Waals surface area contributed by atoms with Gasteiger partial charge in [0.2, 0.25) is 0 Å². The van der Waals surface area contributed by atoms with Crippen molar-refractivity contribution in [3.05, 3.63) is 29.8 Å². The van der Waals surface area contributed by atoms with Crippen molar-refractivity contribution in [2.45, 2.75) is 44.8 Å². The predicted octanol–water partition coefficient (Wildman–Crippen LogP) is 3.07. The summed E-state index contributed by atoms with van der Waals surface area (Å²) in [6.07, 6.45) is 0.527. The second kappa shape index (κ2) is 11.9. The van der Waals surface area contributed by atoms with Crippen molar-refractivity contribution in [2.24, 2.45) is 4.99 Å². The Hall–Kier alpha value is -1.28. The molecule has 1 aliphatic rings. The van der Waals surface area contributed by atoms with Crippen LogP contribution in [0, 0.1) is 0 Å². The number of alkyl halides is 3. The number of sulfonamides is 1. The average Bonchev–Trinajstić information content (AvgIpc) is 2.66. The van der Waals surface area contributed by atoms with Gasteiger partial charge in [0, 0.05) is 25.7 Å². The first kappa shape index (κ1) is 26.8. The Balaban J connectivity index is 0.00000450. The maximum absolute atomic E-state index is 12.7. The summed E-state index contributed by atoms with van der Waals surface area (Å²) in [6, 6.07) is 7.41. The number of piperidine rings is 1. The van der Waals surface area contributed by atoms with Gasteiger partial charge in [-0.05, 0) is 44.4 Å². The van der Waals surface area contributed by atoms with E-state index in [-0.39, 0.29) is 55.9 Å². The van der Waals surface area contributed by atoms with Gasteiger partial charge in [0.15, 0.2) is 5.96 Å². The van der Waals surface area contributed by atoms with E-state index in [9.17, 15) is 21.6 Å². The Morgan fingerprint density at radius 2 is 1.93 bits per heavy atom. The Morgan fingerprint density at radius 1 is 1.27 bits per heavy atom. The molecule has 0 aromatic heterocycles. The molecule has 2 rings (SSSR count). The third kappa shape index (κ3) is 7.45. The Kier molecular flexibility index (Phi) is 10.6. The van der Waals surface area contributed by atoms with E-state index in [2.05, 4.69) is 15.6 Å². The molecule has 172 valence electrons. The molecule has 1 saturated heterocycles. The van der Waals surface area contributed by atoms with Gasteiger partial charge in [0.25, 0.3) is 0 Å². The van der Waals surface area contributed by atoms with Crippen molar-refractivity contribution in [1.29, 1.82) is 0 Å². The normalized spacial score (nSPS) is 16.6. The number of ether oxygens (including phenoxy) is 1. The van der Waals surface area contributed by atoms with Gasteiger partial charge in [-0.2, -0.15) is 17.5 Å². The zero-order valence-corrected chi connectivity index (χ0v) is 20.1. The van der Waals surface area contributed by atoms with Crippen LogP contribution in [0.2, 0.25) is 0 Å². The SMILES string of the molecule is CCNC(=NCc1cccc(OCC)c1)NC1CCN(S(=O)(=O)C(F)(F)F)CC1.I. The van der Waals surface area contributed by atoms with E-state index in [1.807, 2.05) is 38.1 Å². The first-order valence-corrected chi connectivity index (χ1v) is 10.9. The number of aliphatic imine (C=N–C) groups is 1. The lowest BCUT2D eigenvalue weighted by Crippen LogP contribution is -2.51. The van der Waals surface area contributed by atoms with Crippen molar-refractivity contribution in [1.82, 2.24) is 14.9 Å². The van der Waals surface area contributed by atoms with Crippen molar-refractivity contribution in [2.75, 3.05) is 26.2 Å². The molecular weight excluding hydrogens is 536 g/mol. The molecule has 1 aromatic carbocycles. The second-order valence-electron chi connectivity index (χ2n) is 6.54. The minimum Gasteiger partial charge on any atom is -0.494 e. The maximum Gasteiger partial charge on any atom is 0.511 e. The summed E-state index contributed by atoms with van der Waals surface area (Å²) in [4.78, 5) is 4.51. The first-order chi connectivity index (χ1) is 13.7. The number of rotatable bonds is 7. The number of hydrogen-bond donors (Lipinski definition) is 2.